The van der Waals surface area contributed by atoms with Gasteiger partial charge >= 0.3 is 0 Å². The summed E-state index contributed by atoms with van der Waals surface area (Å²) in [6, 6.07) is 1.02. The Morgan fingerprint density at radius 3 is 2.46 bits per heavy atom. The van der Waals surface area contributed by atoms with E-state index in [1.807, 2.05) is 0 Å². The molecule has 0 amide bonds. The SMILES string of the molecule is Fc1cc(Br)c(F)c2c1OCCO2. The molecule has 2 rings (SSSR count). The highest BCUT2D eigenvalue weighted by atomic mass is 79.9. The van der Waals surface area contributed by atoms with Gasteiger partial charge < -0.3 is 9.47 Å². The van der Waals surface area contributed by atoms with Gasteiger partial charge in [0.15, 0.2) is 17.4 Å². The smallest absolute Gasteiger partial charge is 0.201 e. The summed E-state index contributed by atoms with van der Waals surface area (Å²) in [5, 5.41) is 0. The molecule has 0 fully saturated rings. The zero-order valence-corrected chi connectivity index (χ0v) is 8.03. The van der Waals surface area contributed by atoms with Gasteiger partial charge in [-0.3, -0.25) is 0 Å². The molecule has 0 N–H and O–H groups in total. The first-order valence-corrected chi connectivity index (χ1v) is 4.42. The lowest BCUT2D eigenvalue weighted by Crippen LogP contribution is -2.17. The summed E-state index contributed by atoms with van der Waals surface area (Å²) < 4.78 is 36.3. The molecule has 0 aromatic heterocycles. The van der Waals surface area contributed by atoms with Crippen LogP contribution in [0.3, 0.4) is 0 Å². The lowest BCUT2D eigenvalue weighted by Gasteiger charge is -2.19. The van der Waals surface area contributed by atoms with Crippen molar-refractivity contribution >= 4 is 15.9 Å². The standard InChI is InChI=1S/C8H5BrF2O2/c9-4-3-5(10)7-8(6(4)11)13-2-1-12-7/h3H,1-2H2. The highest BCUT2D eigenvalue weighted by Gasteiger charge is 2.23. The maximum Gasteiger partial charge on any atom is 0.201 e. The van der Waals surface area contributed by atoms with E-state index in [4.69, 9.17) is 9.47 Å². The second kappa shape index (κ2) is 3.14. The molecule has 0 atom stereocenters. The van der Waals surface area contributed by atoms with Crippen molar-refractivity contribution in [3.05, 3.63) is 22.2 Å². The fraction of sp³-hybridized carbons (Fsp3) is 0.250. The topological polar surface area (TPSA) is 18.5 Å². The number of hydrogen-bond acceptors (Lipinski definition) is 2. The second-order valence-corrected chi connectivity index (χ2v) is 3.36. The summed E-state index contributed by atoms with van der Waals surface area (Å²) in [4.78, 5) is 0. The molecule has 0 bridgehead atoms. The lowest BCUT2D eigenvalue weighted by atomic mass is 10.3. The fourth-order valence-corrected chi connectivity index (χ4v) is 1.49. The molecule has 70 valence electrons. The number of benzene rings is 1. The van der Waals surface area contributed by atoms with Gasteiger partial charge in [-0.25, -0.2) is 8.78 Å². The molecule has 0 saturated carbocycles. The Kier molecular flexibility index (Phi) is 2.11. The molecule has 0 radical (unpaired) electrons. The quantitative estimate of drug-likeness (QED) is 0.659. The molecular weight excluding hydrogens is 246 g/mol. The minimum atomic E-state index is -0.629. The second-order valence-electron chi connectivity index (χ2n) is 2.51. The van der Waals surface area contributed by atoms with Crippen molar-refractivity contribution in [2.75, 3.05) is 13.2 Å². The lowest BCUT2D eigenvalue weighted by molar-refractivity contribution is 0.157. The van der Waals surface area contributed by atoms with E-state index in [0.717, 1.165) is 6.07 Å². The van der Waals surface area contributed by atoms with Gasteiger partial charge in [0.2, 0.25) is 5.75 Å². The van der Waals surface area contributed by atoms with Gasteiger partial charge in [0, 0.05) is 0 Å². The van der Waals surface area contributed by atoms with E-state index in [2.05, 4.69) is 15.9 Å². The molecule has 1 heterocycles. The van der Waals surface area contributed by atoms with E-state index >= 15 is 0 Å². The summed E-state index contributed by atoms with van der Waals surface area (Å²) >= 11 is 2.87. The molecule has 0 spiro atoms. The van der Waals surface area contributed by atoms with Crippen molar-refractivity contribution in [2.45, 2.75) is 0 Å². The summed E-state index contributed by atoms with van der Waals surface area (Å²) in [6.45, 7) is 0.477. The van der Waals surface area contributed by atoms with Crippen molar-refractivity contribution < 1.29 is 18.3 Å². The molecular formula is C8H5BrF2O2. The maximum absolute atomic E-state index is 13.2. The van der Waals surface area contributed by atoms with Crippen LogP contribution in [0.1, 0.15) is 0 Å². The van der Waals surface area contributed by atoms with E-state index < -0.39 is 11.6 Å². The molecule has 5 heteroatoms. The van der Waals surface area contributed by atoms with Crippen LogP contribution in [0.5, 0.6) is 11.5 Å². The van der Waals surface area contributed by atoms with Crippen LogP contribution in [0.2, 0.25) is 0 Å². The zero-order valence-electron chi connectivity index (χ0n) is 6.44. The fourth-order valence-electron chi connectivity index (χ4n) is 1.11. The normalized spacial score (nSPS) is 14.4. The minimum Gasteiger partial charge on any atom is -0.483 e. The Morgan fingerprint density at radius 1 is 1.15 bits per heavy atom. The van der Waals surface area contributed by atoms with Crippen molar-refractivity contribution in [3.63, 3.8) is 0 Å². The number of halogens is 3. The number of fused-ring (bicyclic) bond motifs is 1. The summed E-state index contributed by atoms with van der Waals surface area (Å²) in [5.74, 6) is -1.55. The molecule has 1 aromatic rings. The van der Waals surface area contributed by atoms with Gasteiger partial charge in [-0.15, -0.1) is 0 Å². The summed E-state index contributed by atoms with van der Waals surface area (Å²) in [6.07, 6.45) is 0. The number of rotatable bonds is 0. The molecule has 0 saturated heterocycles. The van der Waals surface area contributed by atoms with Crippen molar-refractivity contribution in [3.8, 4) is 11.5 Å². The van der Waals surface area contributed by atoms with E-state index in [0.29, 0.717) is 0 Å². The molecule has 0 unspecified atom stereocenters. The Labute approximate surface area is 81.6 Å². The minimum absolute atomic E-state index is 0.0363. The largest absolute Gasteiger partial charge is 0.483 e. The van der Waals surface area contributed by atoms with Crippen molar-refractivity contribution in [1.82, 2.24) is 0 Å². The van der Waals surface area contributed by atoms with E-state index in [1.165, 1.54) is 0 Å². The van der Waals surface area contributed by atoms with Crippen molar-refractivity contribution in [1.29, 1.82) is 0 Å². The van der Waals surface area contributed by atoms with Gasteiger partial charge in [0.05, 0.1) is 4.47 Å². The Hall–Kier alpha value is -0.840. The van der Waals surface area contributed by atoms with E-state index in [9.17, 15) is 8.78 Å². The molecule has 0 aliphatic carbocycles. The maximum atomic E-state index is 13.2. The summed E-state index contributed by atoms with van der Waals surface area (Å²) in [7, 11) is 0. The predicted molar refractivity (Wildman–Crippen MR) is 45.0 cm³/mol. The average molecular weight is 251 g/mol. The third-order valence-electron chi connectivity index (χ3n) is 1.66. The van der Waals surface area contributed by atoms with Crippen LogP contribution in [-0.2, 0) is 0 Å². The Balaban J connectivity index is 2.63. The molecule has 1 aliphatic rings. The molecule has 1 aromatic carbocycles. The first-order chi connectivity index (χ1) is 6.20. The molecule has 1 aliphatic heterocycles. The number of ether oxygens (including phenoxy) is 2. The van der Waals surface area contributed by atoms with E-state index in [-0.39, 0.29) is 29.2 Å². The monoisotopic (exact) mass is 250 g/mol. The third-order valence-corrected chi connectivity index (χ3v) is 2.24. The Morgan fingerprint density at radius 2 is 1.77 bits per heavy atom. The van der Waals surface area contributed by atoms with Gasteiger partial charge in [-0.2, -0.15) is 0 Å². The van der Waals surface area contributed by atoms with Crippen LogP contribution >= 0.6 is 15.9 Å². The van der Waals surface area contributed by atoms with Crippen LogP contribution in [0.25, 0.3) is 0 Å². The highest BCUT2D eigenvalue weighted by Crippen LogP contribution is 2.38. The van der Waals surface area contributed by atoms with Gasteiger partial charge in [-0.05, 0) is 22.0 Å². The van der Waals surface area contributed by atoms with E-state index in [1.54, 1.807) is 0 Å². The third kappa shape index (κ3) is 1.37. The van der Waals surface area contributed by atoms with Gasteiger partial charge in [0.25, 0.3) is 0 Å². The first kappa shape index (κ1) is 8.74. The molecule has 13 heavy (non-hydrogen) atoms. The van der Waals surface area contributed by atoms with Crippen LogP contribution < -0.4 is 9.47 Å². The summed E-state index contributed by atoms with van der Waals surface area (Å²) in [5.41, 5.74) is 0. The highest BCUT2D eigenvalue weighted by molar-refractivity contribution is 9.10. The van der Waals surface area contributed by atoms with Crippen LogP contribution in [-0.4, -0.2) is 13.2 Å². The van der Waals surface area contributed by atoms with Crippen LogP contribution in [0.4, 0.5) is 8.78 Å². The van der Waals surface area contributed by atoms with Crippen molar-refractivity contribution in [2.24, 2.45) is 0 Å². The number of hydrogen-bond donors (Lipinski definition) is 0. The van der Waals surface area contributed by atoms with Crippen LogP contribution in [0.15, 0.2) is 10.5 Å². The first-order valence-electron chi connectivity index (χ1n) is 3.63. The van der Waals surface area contributed by atoms with Gasteiger partial charge in [0.1, 0.15) is 13.2 Å². The zero-order chi connectivity index (χ0) is 9.42. The van der Waals surface area contributed by atoms with Gasteiger partial charge in [-0.1, -0.05) is 0 Å². The Bertz CT molecular complexity index is 354. The average Bonchev–Trinajstić information content (AvgIpc) is 2.15. The molecule has 2 nitrogen and oxygen atoms in total. The predicted octanol–water partition coefficient (Wildman–Crippen LogP) is 2.50. The van der Waals surface area contributed by atoms with Crippen LogP contribution in [0, 0.1) is 11.6 Å².